The highest BCUT2D eigenvalue weighted by Crippen LogP contribution is 2.33. The Morgan fingerprint density at radius 2 is 1.50 bits per heavy atom. The van der Waals surface area contributed by atoms with Gasteiger partial charge in [-0.3, -0.25) is 5.32 Å². The molecule has 1 N–H and O–H groups in total. The van der Waals surface area contributed by atoms with Crippen LogP contribution in [0.15, 0.2) is 48.8 Å². The first-order chi connectivity index (χ1) is 15.1. The van der Waals surface area contributed by atoms with Gasteiger partial charge < -0.3 is 13.9 Å². The summed E-state index contributed by atoms with van der Waals surface area (Å²) in [6.07, 6.45) is 4.32. The lowest BCUT2D eigenvalue weighted by Crippen LogP contribution is -2.27. The van der Waals surface area contributed by atoms with E-state index in [1.807, 2.05) is 51.4 Å². The van der Waals surface area contributed by atoms with E-state index in [1.165, 1.54) is 5.56 Å². The first-order valence-corrected chi connectivity index (χ1v) is 11.4. The predicted octanol–water partition coefficient (Wildman–Crippen LogP) is 7.65. The van der Waals surface area contributed by atoms with Crippen molar-refractivity contribution in [1.29, 1.82) is 0 Å². The third-order valence-corrected chi connectivity index (χ3v) is 5.93. The van der Waals surface area contributed by atoms with Crippen molar-refractivity contribution >= 4 is 56.8 Å². The number of fused-ring (bicyclic) bond motifs is 2. The van der Waals surface area contributed by atoms with Crippen LogP contribution in [0.4, 0.5) is 10.5 Å². The number of carbonyl (C=O) groups excluding carboxylic acids is 1. The first kappa shape index (κ1) is 22.6. The smallest absolute Gasteiger partial charge is 0.412 e. The summed E-state index contributed by atoms with van der Waals surface area (Å²) in [6.45, 7) is 9.19. The van der Waals surface area contributed by atoms with E-state index >= 15 is 0 Å². The number of aryl methyl sites for hydroxylation is 3. The van der Waals surface area contributed by atoms with Gasteiger partial charge in [0, 0.05) is 41.8 Å². The average molecular weight is 472 g/mol. The van der Waals surface area contributed by atoms with Crippen LogP contribution in [0.5, 0.6) is 0 Å². The molecule has 2 aromatic carbocycles. The number of benzene rings is 2. The second-order valence-electron chi connectivity index (χ2n) is 8.99. The maximum absolute atomic E-state index is 12.3. The van der Waals surface area contributed by atoms with Crippen molar-refractivity contribution in [3.05, 3.63) is 64.4 Å². The van der Waals surface area contributed by atoms with Crippen LogP contribution in [0.25, 0.3) is 21.8 Å². The number of nitrogens with one attached hydrogen (secondary N) is 1. The van der Waals surface area contributed by atoms with Gasteiger partial charge in [-0.2, -0.15) is 0 Å². The topological polar surface area (TPSA) is 48.2 Å². The number of rotatable bonds is 5. The van der Waals surface area contributed by atoms with Crippen molar-refractivity contribution in [3.8, 4) is 0 Å². The summed E-state index contributed by atoms with van der Waals surface area (Å²) in [7, 11) is 0. The fourth-order valence-electron chi connectivity index (χ4n) is 4.07. The van der Waals surface area contributed by atoms with Crippen LogP contribution in [0, 0.1) is 6.92 Å². The fraction of sp³-hybridized carbons (Fsp3) is 0.320. The molecule has 5 nitrogen and oxygen atoms in total. The molecule has 7 heteroatoms. The molecule has 4 aromatic rings. The number of anilines is 1. The van der Waals surface area contributed by atoms with Gasteiger partial charge in [0.15, 0.2) is 0 Å². The minimum absolute atomic E-state index is 0.500. The average Bonchev–Trinajstić information content (AvgIpc) is 3.19. The molecule has 0 saturated carbocycles. The summed E-state index contributed by atoms with van der Waals surface area (Å²) in [4.78, 5) is 12.3. The molecule has 168 valence electrons. The largest absolute Gasteiger partial charge is 0.444 e. The van der Waals surface area contributed by atoms with Crippen LogP contribution in [0.2, 0.25) is 10.0 Å². The summed E-state index contributed by atoms with van der Waals surface area (Å²) in [6, 6.07) is 12.0. The van der Waals surface area contributed by atoms with Crippen LogP contribution in [0.1, 0.15) is 32.8 Å². The lowest BCUT2D eigenvalue weighted by molar-refractivity contribution is 0.0636. The number of carbonyl (C=O) groups is 1. The van der Waals surface area contributed by atoms with Crippen molar-refractivity contribution in [2.75, 3.05) is 5.32 Å². The van der Waals surface area contributed by atoms with E-state index in [2.05, 4.69) is 39.6 Å². The van der Waals surface area contributed by atoms with Gasteiger partial charge in [0.25, 0.3) is 0 Å². The highest BCUT2D eigenvalue weighted by Gasteiger charge is 2.18. The zero-order chi connectivity index (χ0) is 23.0. The molecule has 0 aliphatic rings. The number of nitrogens with zero attached hydrogens (tertiary/aromatic N) is 2. The Morgan fingerprint density at radius 1 is 0.938 bits per heavy atom. The van der Waals surface area contributed by atoms with Crippen LogP contribution >= 0.6 is 23.2 Å². The van der Waals surface area contributed by atoms with Crippen molar-refractivity contribution in [3.63, 3.8) is 0 Å². The fourth-order valence-corrected chi connectivity index (χ4v) is 4.75. The standard InChI is InChI=1S/C25H27Cl2N3O2/c1-16-8-5-10-20-22(16)17(26)14-29(20)12-7-13-30-15-18(27)23-19(9-6-11-21(23)30)28-24(31)32-25(2,3)4/h5-6,8-11,14-15H,7,12-13H2,1-4H3,(H,28,31). The number of aromatic nitrogens is 2. The lowest BCUT2D eigenvalue weighted by atomic mass is 10.1. The molecule has 0 atom stereocenters. The number of halogens is 2. The maximum atomic E-state index is 12.3. The van der Waals surface area contributed by atoms with Gasteiger partial charge in [0.2, 0.25) is 0 Å². The molecular weight excluding hydrogens is 445 g/mol. The molecule has 1 amide bonds. The molecule has 0 aliphatic heterocycles. The monoisotopic (exact) mass is 471 g/mol. The van der Waals surface area contributed by atoms with Crippen LogP contribution < -0.4 is 5.32 Å². The van der Waals surface area contributed by atoms with Gasteiger partial charge in [-0.15, -0.1) is 0 Å². The van der Waals surface area contributed by atoms with Gasteiger partial charge in [0.05, 0.1) is 21.2 Å². The third-order valence-electron chi connectivity index (χ3n) is 5.36. The highest BCUT2D eigenvalue weighted by molar-refractivity contribution is 6.37. The quantitative estimate of drug-likeness (QED) is 0.324. The Bertz CT molecular complexity index is 1300. The van der Waals surface area contributed by atoms with E-state index in [0.717, 1.165) is 46.3 Å². The molecule has 0 saturated heterocycles. The summed E-state index contributed by atoms with van der Waals surface area (Å²) >= 11 is 13.0. The molecule has 0 fully saturated rings. The highest BCUT2D eigenvalue weighted by atomic mass is 35.5. The Morgan fingerprint density at radius 3 is 2.12 bits per heavy atom. The molecule has 2 heterocycles. The molecule has 2 aromatic heterocycles. The maximum Gasteiger partial charge on any atom is 0.412 e. The van der Waals surface area contributed by atoms with Crippen molar-refractivity contribution in [1.82, 2.24) is 9.13 Å². The molecule has 0 radical (unpaired) electrons. The summed E-state index contributed by atoms with van der Waals surface area (Å²) < 4.78 is 9.71. The Labute approximate surface area is 197 Å². The number of hydrogen-bond donors (Lipinski definition) is 1. The predicted molar refractivity (Wildman–Crippen MR) is 133 cm³/mol. The van der Waals surface area contributed by atoms with E-state index < -0.39 is 11.7 Å². The molecule has 4 rings (SSSR count). The second kappa shape index (κ2) is 8.72. The molecular formula is C25H27Cl2N3O2. The van der Waals surface area contributed by atoms with Crippen molar-refractivity contribution in [2.24, 2.45) is 0 Å². The molecule has 32 heavy (non-hydrogen) atoms. The van der Waals surface area contributed by atoms with Gasteiger partial charge in [-0.05, 0) is 57.9 Å². The second-order valence-corrected chi connectivity index (χ2v) is 9.80. The van der Waals surface area contributed by atoms with Crippen LogP contribution in [-0.2, 0) is 17.8 Å². The normalized spacial score (nSPS) is 11.9. The van der Waals surface area contributed by atoms with Gasteiger partial charge in [-0.25, -0.2) is 4.79 Å². The number of amides is 1. The van der Waals surface area contributed by atoms with Crippen molar-refractivity contribution in [2.45, 2.75) is 52.8 Å². The SMILES string of the molecule is Cc1cccc2c1c(Cl)cn2CCCn1cc(Cl)c2c(NC(=O)OC(C)(C)C)cccc21. The van der Waals surface area contributed by atoms with E-state index in [1.54, 1.807) is 0 Å². The zero-order valence-corrected chi connectivity index (χ0v) is 20.2. The van der Waals surface area contributed by atoms with Gasteiger partial charge in [0.1, 0.15) is 5.60 Å². The minimum atomic E-state index is -0.572. The Kier molecular flexibility index (Phi) is 6.15. The molecule has 0 aliphatic carbocycles. The number of hydrogen-bond acceptors (Lipinski definition) is 2. The van der Waals surface area contributed by atoms with E-state index in [0.29, 0.717) is 10.7 Å². The summed E-state index contributed by atoms with van der Waals surface area (Å²) in [5, 5.41) is 6.13. The Hall–Kier alpha value is -2.63. The minimum Gasteiger partial charge on any atom is -0.444 e. The van der Waals surface area contributed by atoms with Gasteiger partial charge >= 0.3 is 6.09 Å². The molecule has 0 spiro atoms. The molecule has 0 bridgehead atoms. The summed E-state index contributed by atoms with van der Waals surface area (Å²) in [5.74, 6) is 0. The lowest BCUT2D eigenvalue weighted by Gasteiger charge is -2.20. The third kappa shape index (κ3) is 4.59. The van der Waals surface area contributed by atoms with Crippen molar-refractivity contribution < 1.29 is 9.53 Å². The number of ether oxygens (including phenoxy) is 1. The van der Waals surface area contributed by atoms with Crippen LogP contribution in [0.3, 0.4) is 0 Å². The summed E-state index contributed by atoms with van der Waals surface area (Å²) in [5.41, 5.74) is 3.36. The van der Waals surface area contributed by atoms with Crippen LogP contribution in [-0.4, -0.2) is 20.8 Å². The van der Waals surface area contributed by atoms with E-state index in [-0.39, 0.29) is 0 Å². The van der Waals surface area contributed by atoms with E-state index in [4.69, 9.17) is 27.9 Å². The van der Waals surface area contributed by atoms with E-state index in [9.17, 15) is 4.79 Å². The Balaban J connectivity index is 1.52. The zero-order valence-electron chi connectivity index (χ0n) is 18.7. The van der Waals surface area contributed by atoms with Gasteiger partial charge in [-0.1, -0.05) is 41.4 Å². The first-order valence-electron chi connectivity index (χ1n) is 10.7. The molecule has 0 unspecified atom stereocenters.